The minimum atomic E-state index is 0.773. The van der Waals surface area contributed by atoms with Crippen molar-refractivity contribution in [3.63, 3.8) is 0 Å². The van der Waals surface area contributed by atoms with Gasteiger partial charge in [-0.05, 0) is 25.3 Å². The van der Waals surface area contributed by atoms with Gasteiger partial charge in [-0.15, -0.1) is 0 Å². The molecular formula is C15H20N+. The molecule has 1 heteroatoms. The van der Waals surface area contributed by atoms with Crippen LogP contribution in [0.25, 0.3) is 5.70 Å². The first-order chi connectivity index (χ1) is 7.86. The Morgan fingerprint density at radius 2 is 1.75 bits per heavy atom. The molecule has 0 aromatic carbocycles. The van der Waals surface area contributed by atoms with Crippen LogP contribution < -0.4 is 4.57 Å². The van der Waals surface area contributed by atoms with E-state index in [2.05, 4.69) is 23.3 Å². The monoisotopic (exact) mass is 214 g/mol. The molecule has 1 aromatic heterocycles. The van der Waals surface area contributed by atoms with E-state index in [1.165, 1.54) is 32.1 Å². The summed E-state index contributed by atoms with van der Waals surface area (Å²) in [5, 5.41) is 0. The van der Waals surface area contributed by atoms with Crippen molar-refractivity contribution in [1.82, 2.24) is 0 Å². The van der Waals surface area contributed by atoms with E-state index in [9.17, 15) is 0 Å². The van der Waals surface area contributed by atoms with Crippen LogP contribution in [0.15, 0.2) is 49.3 Å². The molecule has 0 unspecified atom stereocenters. The maximum absolute atomic E-state index is 4.09. The van der Waals surface area contributed by atoms with E-state index in [0.717, 1.165) is 11.6 Å². The first-order valence-electron chi connectivity index (χ1n) is 6.20. The normalized spacial score (nSPS) is 17.8. The molecule has 1 aromatic rings. The molecule has 0 aliphatic heterocycles. The number of pyridine rings is 1. The van der Waals surface area contributed by atoms with Gasteiger partial charge in [0.15, 0.2) is 12.4 Å². The van der Waals surface area contributed by atoms with Crippen LogP contribution in [0.2, 0.25) is 0 Å². The van der Waals surface area contributed by atoms with Crippen molar-refractivity contribution < 1.29 is 4.57 Å². The highest BCUT2D eigenvalue weighted by Crippen LogP contribution is 2.24. The molecule has 1 heterocycles. The lowest BCUT2D eigenvalue weighted by molar-refractivity contribution is -0.578. The van der Waals surface area contributed by atoms with Gasteiger partial charge in [0, 0.05) is 18.2 Å². The molecular weight excluding hydrogens is 194 g/mol. The second kappa shape index (κ2) is 5.64. The Morgan fingerprint density at radius 1 is 1.06 bits per heavy atom. The highest BCUT2D eigenvalue weighted by molar-refractivity contribution is 5.43. The van der Waals surface area contributed by atoms with Crippen LogP contribution in [-0.2, 0) is 0 Å². The quantitative estimate of drug-likeness (QED) is 0.535. The fourth-order valence-corrected chi connectivity index (χ4v) is 2.25. The van der Waals surface area contributed by atoms with E-state index in [1.807, 2.05) is 30.6 Å². The predicted molar refractivity (Wildman–Crippen MR) is 67.7 cm³/mol. The molecule has 1 aliphatic carbocycles. The summed E-state index contributed by atoms with van der Waals surface area (Å²) in [6.07, 6.45) is 15.5. The van der Waals surface area contributed by atoms with Crippen LogP contribution in [0.5, 0.6) is 0 Å². The van der Waals surface area contributed by atoms with Gasteiger partial charge < -0.3 is 0 Å². The first kappa shape index (κ1) is 11.1. The smallest absolute Gasteiger partial charge is 0.168 e. The molecule has 0 bridgehead atoms. The maximum Gasteiger partial charge on any atom is 0.203 e. The molecule has 0 N–H and O–H groups in total. The number of nitrogens with zero attached hydrogens (tertiary/aromatic N) is 1. The molecule has 84 valence electrons. The molecule has 0 amide bonds. The molecule has 0 atom stereocenters. The summed E-state index contributed by atoms with van der Waals surface area (Å²) in [7, 11) is 0. The second-order valence-electron chi connectivity index (χ2n) is 4.53. The molecule has 0 saturated heterocycles. The standard InChI is InChI=1S/C15H20N/c1-14(16-12-6-3-7-13-16)10-11-15-8-4-2-5-9-15/h3,6-7,10-13,15H,1-2,4-5,8-9H2/q+1/b11-10+. The van der Waals surface area contributed by atoms with Gasteiger partial charge in [0.25, 0.3) is 0 Å². The van der Waals surface area contributed by atoms with Crippen LogP contribution in [0.1, 0.15) is 32.1 Å². The third kappa shape index (κ3) is 3.06. The van der Waals surface area contributed by atoms with E-state index < -0.39 is 0 Å². The summed E-state index contributed by atoms with van der Waals surface area (Å²) in [4.78, 5) is 0. The molecule has 1 nitrogen and oxygen atoms in total. The third-order valence-electron chi connectivity index (χ3n) is 3.26. The van der Waals surface area contributed by atoms with Gasteiger partial charge in [0.05, 0.1) is 0 Å². The molecule has 16 heavy (non-hydrogen) atoms. The van der Waals surface area contributed by atoms with E-state index in [4.69, 9.17) is 0 Å². The number of aromatic nitrogens is 1. The van der Waals surface area contributed by atoms with E-state index >= 15 is 0 Å². The third-order valence-corrected chi connectivity index (χ3v) is 3.26. The summed E-state index contributed by atoms with van der Waals surface area (Å²) in [6, 6.07) is 6.08. The van der Waals surface area contributed by atoms with Crippen molar-refractivity contribution in [1.29, 1.82) is 0 Å². The minimum Gasteiger partial charge on any atom is -0.168 e. The van der Waals surface area contributed by atoms with Gasteiger partial charge in [-0.2, -0.15) is 4.57 Å². The number of rotatable bonds is 3. The SMILES string of the molecule is C=C(/C=C/C1CCCCC1)[n+]1ccccc1. The van der Waals surface area contributed by atoms with Gasteiger partial charge in [0.1, 0.15) is 0 Å². The summed E-state index contributed by atoms with van der Waals surface area (Å²) in [6.45, 7) is 4.09. The number of hydrogen-bond donors (Lipinski definition) is 0. The zero-order valence-corrected chi connectivity index (χ0v) is 9.81. The van der Waals surface area contributed by atoms with Gasteiger partial charge >= 0.3 is 0 Å². The van der Waals surface area contributed by atoms with Crippen LogP contribution in [0, 0.1) is 5.92 Å². The summed E-state index contributed by atoms with van der Waals surface area (Å²) < 4.78 is 2.05. The van der Waals surface area contributed by atoms with Crippen molar-refractivity contribution >= 4 is 5.70 Å². The number of hydrogen-bond acceptors (Lipinski definition) is 0. The lowest BCUT2D eigenvalue weighted by atomic mass is 9.89. The maximum atomic E-state index is 4.09. The van der Waals surface area contributed by atoms with Crippen molar-refractivity contribution in [2.45, 2.75) is 32.1 Å². The van der Waals surface area contributed by atoms with Crippen molar-refractivity contribution in [3.8, 4) is 0 Å². The summed E-state index contributed by atoms with van der Waals surface area (Å²) >= 11 is 0. The van der Waals surface area contributed by atoms with Gasteiger partial charge in [0.2, 0.25) is 5.70 Å². The van der Waals surface area contributed by atoms with Crippen LogP contribution in [0.3, 0.4) is 0 Å². The van der Waals surface area contributed by atoms with Crippen LogP contribution >= 0.6 is 0 Å². The largest absolute Gasteiger partial charge is 0.203 e. The zero-order valence-electron chi connectivity index (χ0n) is 9.81. The Labute approximate surface area is 98.1 Å². The Kier molecular flexibility index (Phi) is 3.92. The summed E-state index contributed by atoms with van der Waals surface area (Å²) in [5.74, 6) is 0.773. The number of allylic oxidation sites excluding steroid dienone is 3. The Balaban J connectivity index is 1.94. The van der Waals surface area contributed by atoms with E-state index in [0.29, 0.717) is 0 Å². The summed E-state index contributed by atoms with van der Waals surface area (Å²) in [5.41, 5.74) is 1.05. The van der Waals surface area contributed by atoms with Gasteiger partial charge in [-0.25, -0.2) is 0 Å². The second-order valence-corrected chi connectivity index (χ2v) is 4.53. The first-order valence-corrected chi connectivity index (χ1v) is 6.20. The average Bonchev–Trinajstić information content (AvgIpc) is 2.38. The van der Waals surface area contributed by atoms with Gasteiger partial charge in [-0.3, -0.25) is 0 Å². The average molecular weight is 214 g/mol. The van der Waals surface area contributed by atoms with E-state index in [1.54, 1.807) is 0 Å². The van der Waals surface area contributed by atoms with Crippen LogP contribution in [-0.4, -0.2) is 0 Å². The Bertz CT molecular complexity index is 358. The van der Waals surface area contributed by atoms with Crippen LogP contribution in [0.4, 0.5) is 0 Å². The molecule has 1 aliphatic rings. The highest BCUT2D eigenvalue weighted by Gasteiger charge is 2.10. The molecule has 0 spiro atoms. The predicted octanol–water partition coefficient (Wildman–Crippen LogP) is 3.58. The lowest BCUT2D eigenvalue weighted by Gasteiger charge is -2.17. The zero-order chi connectivity index (χ0) is 11.2. The highest BCUT2D eigenvalue weighted by atomic mass is 14.9. The van der Waals surface area contributed by atoms with Crippen molar-refractivity contribution in [2.75, 3.05) is 0 Å². The molecule has 2 rings (SSSR count). The molecule has 0 radical (unpaired) electrons. The Hall–Kier alpha value is -1.37. The molecule has 1 saturated carbocycles. The minimum absolute atomic E-state index is 0.773. The lowest BCUT2D eigenvalue weighted by Crippen LogP contribution is -2.29. The van der Waals surface area contributed by atoms with Gasteiger partial charge in [-0.1, -0.05) is 31.4 Å². The molecule has 1 fully saturated rings. The Morgan fingerprint density at radius 3 is 2.44 bits per heavy atom. The topological polar surface area (TPSA) is 3.88 Å². The van der Waals surface area contributed by atoms with Crippen molar-refractivity contribution in [2.24, 2.45) is 5.92 Å². The van der Waals surface area contributed by atoms with E-state index in [-0.39, 0.29) is 0 Å². The van der Waals surface area contributed by atoms with Crippen molar-refractivity contribution in [3.05, 3.63) is 49.3 Å². The fourth-order valence-electron chi connectivity index (χ4n) is 2.25. The fraction of sp³-hybridized carbons (Fsp3) is 0.400.